The lowest BCUT2D eigenvalue weighted by Gasteiger charge is -2.30. The fourth-order valence-electron chi connectivity index (χ4n) is 3.09. The molecule has 21 heavy (non-hydrogen) atoms. The van der Waals surface area contributed by atoms with E-state index in [1.54, 1.807) is 7.11 Å². The molecule has 116 valence electrons. The second-order valence-electron chi connectivity index (χ2n) is 6.80. The maximum atomic E-state index is 5.54. The molecule has 3 rings (SSSR count). The SMILES string of the molecule is COc1ccc(CNC2CC2)cc1CN(C)CC1CCC1. The topological polar surface area (TPSA) is 24.5 Å². The molecule has 3 nitrogen and oxygen atoms in total. The summed E-state index contributed by atoms with van der Waals surface area (Å²) in [5.41, 5.74) is 2.68. The van der Waals surface area contributed by atoms with Crippen molar-refractivity contribution in [3.8, 4) is 5.75 Å². The van der Waals surface area contributed by atoms with Crippen LogP contribution in [0.1, 0.15) is 43.2 Å². The number of benzene rings is 1. The van der Waals surface area contributed by atoms with Gasteiger partial charge in [0.05, 0.1) is 7.11 Å². The fourth-order valence-corrected chi connectivity index (χ4v) is 3.09. The Labute approximate surface area is 128 Å². The molecule has 2 fully saturated rings. The normalized spacial score (nSPS) is 18.8. The molecule has 2 aliphatic rings. The van der Waals surface area contributed by atoms with Gasteiger partial charge in [-0.05, 0) is 56.3 Å². The Morgan fingerprint density at radius 3 is 2.67 bits per heavy atom. The summed E-state index contributed by atoms with van der Waals surface area (Å²) in [7, 11) is 4.00. The van der Waals surface area contributed by atoms with Gasteiger partial charge in [-0.15, -0.1) is 0 Å². The van der Waals surface area contributed by atoms with Crippen LogP contribution in [0.3, 0.4) is 0 Å². The maximum Gasteiger partial charge on any atom is 0.123 e. The van der Waals surface area contributed by atoms with E-state index in [2.05, 4.69) is 35.5 Å². The highest BCUT2D eigenvalue weighted by atomic mass is 16.5. The van der Waals surface area contributed by atoms with Crippen molar-refractivity contribution in [2.24, 2.45) is 5.92 Å². The van der Waals surface area contributed by atoms with Gasteiger partial charge in [0.25, 0.3) is 0 Å². The van der Waals surface area contributed by atoms with E-state index in [0.717, 1.165) is 30.8 Å². The van der Waals surface area contributed by atoms with Crippen LogP contribution in [0.5, 0.6) is 5.75 Å². The standard InChI is InChI=1S/C18H28N2O/c1-20(12-14-4-3-5-14)13-16-10-15(6-9-18(16)21-2)11-19-17-7-8-17/h6,9-10,14,17,19H,3-5,7-8,11-13H2,1-2H3. The number of rotatable bonds is 8. The maximum absolute atomic E-state index is 5.54. The van der Waals surface area contributed by atoms with E-state index >= 15 is 0 Å². The van der Waals surface area contributed by atoms with Gasteiger partial charge in [0.1, 0.15) is 5.75 Å². The van der Waals surface area contributed by atoms with Crippen LogP contribution in [-0.2, 0) is 13.1 Å². The minimum atomic E-state index is 0.761. The van der Waals surface area contributed by atoms with Gasteiger partial charge in [-0.2, -0.15) is 0 Å². The number of ether oxygens (including phenoxy) is 1. The Morgan fingerprint density at radius 2 is 2.05 bits per heavy atom. The van der Waals surface area contributed by atoms with E-state index < -0.39 is 0 Å². The molecule has 1 N–H and O–H groups in total. The third-order valence-electron chi connectivity index (χ3n) is 4.75. The molecule has 0 aliphatic heterocycles. The first kappa shape index (κ1) is 14.9. The van der Waals surface area contributed by atoms with Crippen molar-refractivity contribution in [3.63, 3.8) is 0 Å². The van der Waals surface area contributed by atoms with Gasteiger partial charge in [-0.25, -0.2) is 0 Å². The van der Waals surface area contributed by atoms with Gasteiger partial charge in [0.2, 0.25) is 0 Å². The van der Waals surface area contributed by atoms with Gasteiger partial charge >= 0.3 is 0 Å². The zero-order valence-electron chi connectivity index (χ0n) is 13.4. The molecule has 0 radical (unpaired) electrons. The van der Waals surface area contributed by atoms with Crippen molar-refractivity contribution in [3.05, 3.63) is 29.3 Å². The first-order valence-electron chi connectivity index (χ1n) is 8.32. The molecule has 0 unspecified atom stereocenters. The molecule has 1 aromatic rings. The largest absolute Gasteiger partial charge is 0.496 e. The van der Waals surface area contributed by atoms with Crippen LogP contribution in [0.2, 0.25) is 0 Å². The second kappa shape index (κ2) is 6.80. The van der Waals surface area contributed by atoms with Crippen molar-refractivity contribution in [1.29, 1.82) is 0 Å². The summed E-state index contributed by atoms with van der Waals surface area (Å²) < 4.78 is 5.54. The van der Waals surface area contributed by atoms with Crippen LogP contribution >= 0.6 is 0 Å². The van der Waals surface area contributed by atoms with E-state index in [1.807, 2.05) is 0 Å². The smallest absolute Gasteiger partial charge is 0.123 e. The molecule has 0 aromatic heterocycles. The summed E-state index contributed by atoms with van der Waals surface area (Å²) in [4.78, 5) is 2.44. The highest BCUT2D eigenvalue weighted by Gasteiger charge is 2.21. The molecule has 0 atom stereocenters. The zero-order chi connectivity index (χ0) is 14.7. The molecule has 0 heterocycles. The molecule has 2 aliphatic carbocycles. The van der Waals surface area contributed by atoms with Gasteiger partial charge in [0, 0.05) is 31.2 Å². The summed E-state index contributed by atoms with van der Waals surface area (Å²) >= 11 is 0. The molecule has 0 spiro atoms. The van der Waals surface area contributed by atoms with Gasteiger partial charge in [0.15, 0.2) is 0 Å². The highest BCUT2D eigenvalue weighted by Crippen LogP contribution is 2.28. The average molecular weight is 288 g/mol. The van der Waals surface area contributed by atoms with Crippen molar-refractivity contribution < 1.29 is 4.74 Å². The van der Waals surface area contributed by atoms with Crippen LogP contribution in [0.25, 0.3) is 0 Å². The second-order valence-corrected chi connectivity index (χ2v) is 6.80. The lowest BCUT2D eigenvalue weighted by molar-refractivity contribution is 0.199. The van der Waals surface area contributed by atoms with Crippen molar-refractivity contribution in [2.75, 3.05) is 20.7 Å². The van der Waals surface area contributed by atoms with E-state index in [-0.39, 0.29) is 0 Å². The summed E-state index contributed by atoms with van der Waals surface area (Å²) in [6, 6.07) is 7.38. The summed E-state index contributed by atoms with van der Waals surface area (Å²) in [6.45, 7) is 3.18. The van der Waals surface area contributed by atoms with E-state index in [1.165, 1.54) is 49.8 Å². The fraction of sp³-hybridized carbons (Fsp3) is 0.667. The number of hydrogen-bond donors (Lipinski definition) is 1. The van der Waals surface area contributed by atoms with E-state index in [4.69, 9.17) is 4.74 Å². The monoisotopic (exact) mass is 288 g/mol. The van der Waals surface area contributed by atoms with Gasteiger partial charge in [-0.1, -0.05) is 12.5 Å². The minimum Gasteiger partial charge on any atom is -0.496 e. The number of hydrogen-bond acceptors (Lipinski definition) is 3. The Hall–Kier alpha value is -1.06. The Bertz CT molecular complexity index is 466. The molecular formula is C18H28N2O. The number of nitrogens with one attached hydrogen (secondary N) is 1. The third-order valence-corrected chi connectivity index (χ3v) is 4.75. The van der Waals surface area contributed by atoms with Crippen LogP contribution in [0.15, 0.2) is 18.2 Å². The van der Waals surface area contributed by atoms with Crippen molar-refractivity contribution in [1.82, 2.24) is 10.2 Å². The molecule has 1 aromatic carbocycles. The lowest BCUT2D eigenvalue weighted by atomic mass is 9.85. The average Bonchev–Trinajstić information content (AvgIpc) is 3.25. The van der Waals surface area contributed by atoms with E-state index in [0.29, 0.717) is 0 Å². The molecule has 0 bridgehead atoms. The summed E-state index contributed by atoms with van der Waals surface area (Å²) in [6.07, 6.45) is 6.92. The quantitative estimate of drug-likeness (QED) is 0.795. The molecule has 3 heteroatoms. The summed E-state index contributed by atoms with van der Waals surface area (Å²) in [5.74, 6) is 1.94. The number of nitrogens with zero attached hydrogens (tertiary/aromatic N) is 1. The predicted molar refractivity (Wildman–Crippen MR) is 86.5 cm³/mol. The molecule has 2 saturated carbocycles. The lowest BCUT2D eigenvalue weighted by Crippen LogP contribution is -2.29. The Morgan fingerprint density at radius 1 is 1.24 bits per heavy atom. The predicted octanol–water partition coefficient (Wildman–Crippen LogP) is 3.18. The first-order valence-corrected chi connectivity index (χ1v) is 8.32. The summed E-state index contributed by atoms with van der Waals surface area (Å²) in [5, 5.41) is 3.59. The van der Waals surface area contributed by atoms with Gasteiger partial charge in [-0.3, -0.25) is 0 Å². The van der Waals surface area contributed by atoms with Crippen LogP contribution < -0.4 is 10.1 Å². The van der Waals surface area contributed by atoms with Crippen LogP contribution in [0, 0.1) is 5.92 Å². The van der Waals surface area contributed by atoms with Crippen molar-refractivity contribution >= 4 is 0 Å². The minimum absolute atomic E-state index is 0.761. The van der Waals surface area contributed by atoms with Crippen LogP contribution in [0.4, 0.5) is 0 Å². The zero-order valence-corrected chi connectivity index (χ0v) is 13.4. The van der Waals surface area contributed by atoms with Crippen molar-refractivity contribution in [2.45, 2.75) is 51.2 Å². The molecule has 0 amide bonds. The molecule has 0 saturated heterocycles. The Kier molecular flexibility index (Phi) is 4.81. The van der Waals surface area contributed by atoms with Gasteiger partial charge < -0.3 is 15.0 Å². The Balaban J connectivity index is 1.60. The molecular weight excluding hydrogens is 260 g/mol. The third kappa shape index (κ3) is 4.21. The number of methoxy groups -OCH3 is 1. The van der Waals surface area contributed by atoms with E-state index in [9.17, 15) is 0 Å². The highest BCUT2D eigenvalue weighted by molar-refractivity contribution is 5.37. The van der Waals surface area contributed by atoms with Crippen LogP contribution in [-0.4, -0.2) is 31.6 Å². The first-order chi connectivity index (χ1) is 10.2.